The predicted octanol–water partition coefficient (Wildman–Crippen LogP) is 4.09. The number of ether oxygens (including phenoxy) is 1. The van der Waals surface area contributed by atoms with Crippen LogP contribution in [0.2, 0.25) is 0 Å². The van der Waals surface area contributed by atoms with Crippen LogP contribution in [-0.2, 0) is 19.4 Å². The van der Waals surface area contributed by atoms with Crippen molar-refractivity contribution in [2.75, 3.05) is 12.4 Å². The van der Waals surface area contributed by atoms with Crippen LogP contribution in [0.25, 0.3) is 10.8 Å². The van der Waals surface area contributed by atoms with Crippen molar-refractivity contribution in [1.29, 1.82) is 0 Å². The molecule has 2 heterocycles. The Morgan fingerprint density at radius 3 is 2.88 bits per heavy atom. The number of rotatable bonds is 4. The highest BCUT2D eigenvalue weighted by Crippen LogP contribution is 2.37. The van der Waals surface area contributed by atoms with E-state index in [-0.39, 0.29) is 0 Å². The molecule has 0 atom stereocenters. The highest BCUT2D eigenvalue weighted by molar-refractivity contribution is 7.15. The number of aryl methyl sites for hydroxylation is 3. The molecule has 0 bridgehead atoms. The fourth-order valence-corrected chi connectivity index (χ4v) is 4.54. The van der Waals surface area contributed by atoms with Crippen LogP contribution in [0.15, 0.2) is 18.3 Å². The second-order valence-electron chi connectivity index (χ2n) is 6.43. The predicted molar refractivity (Wildman–Crippen MR) is 103 cm³/mol. The summed E-state index contributed by atoms with van der Waals surface area (Å²) in [5.41, 5.74) is 10.1. The van der Waals surface area contributed by atoms with Crippen LogP contribution in [0.5, 0.6) is 5.75 Å². The van der Waals surface area contributed by atoms with Gasteiger partial charge in [0.2, 0.25) is 0 Å². The van der Waals surface area contributed by atoms with Gasteiger partial charge < -0.3 is 15.8 Å². The molecule has 3 N–H and O–H groups in total. The average molecular weight is 354 g/mol. The van der Waals surface area contributed by atoms with Crippen LogP contribution < -0.4 is 15.8 Å². The number of anilines is 2. The largest absolute Gasteiger partial charge is 0.496 e. The summed E-state index contributed by atoms with van der Waals surface area (Å²) in [6, 6.07) is 4.17. The number of benzene rings is 1. The number of nitrogens with one attached hydrogen (secondary N) is 1. The summed E-state index contributed by atoms with van der Waals surface area (Å²) in [6.45, 7) is 2.44. The van der Waals surface area contributed by atoms with Crippen molar-refractivity contribution in [2.24, 2.45) is 5.73 Å². The fourth-order valence-electron chi connectivity index (χ4n) is 3.48. The Bertz CT molecular complexity index is 911. The minimum absolute atomic E-state index is 0.377. The zero-order valence-electron chi connectivity index (χ0n) is 14.6. The molecule has 6 heteroatoms. The molecule has 25 heavy (non-hydrogen) atoms. The number of hydrogen-bond acceptors (Lipinski definition) is 6. The van der Waals surface area contributed by atoms with Gasteiger partial charge in [-0.1, -0.05) is 0 Å². The summed E-state index contributed by atoms with van der Waals surface area (Å²) in [6.07, 6.45) is 6.59. The van der Waals surface area contributed by atoms with Crippen molar-refractivity contribution < 1.29 is 4.74 Å². The molecule has 0 unspecified atom stereocenters. The molecule has 1 aliphatic rings. The van der Waals surface area contributed by atoms with Gasteiger partial charge >= 0.3 is 0 Å². The highest BCUT2D eigenvalue weighted by atomic mass is 32.1. The summed E-state index contributed by atoms with van der Waals surface area (Å²) in [4.78, 5) is 10.8. The van der Waals surface area contributed by atoms with E-state index in [9.17, 15) is 0 Å². The van der Waals surface area contributed by atoms with E-state index in [1.54, 1.807) is 18.4 Å². The molecule has 0 radical (unpaired) electrons. The van der Waals surface area contributed by atoms with E-state index in [0.717, 1.165) is 51.4 Å². The molecule has 130 valence electrons. The van der Waals surface area contributed by atoms with Gasteiger partial charge in [-0.3, -0.25) is 4.98 Å². The van der Waals surface area contributed by atoms with E-state index in [1.807, 2.05) is 12.3 Å². The molecule has 1 aromatic carbocycles. The monoisotopic (exact) mass is 354 g/mol. The average Bonchev–Trinajstić information content (AvgIpc) is 3.03. The Kier molecular flexibility index (Phi) is 4.31. The maximum absolute atomic E-state index is 5.90. The first-order chi connectivity index (χ1) is 12.2. The van der Waals surface area contributed by atoms with Crippen LogP contribution >= 0.6 is 11.3 Å². The third-order valence-corrected chi connectivity index (χ3v) is 5.75. The van der Waals surface area contributed by atoms with Gasteiger partial charge in [0.15, 0.2) is 5.13 Å². The van der Waals surface area contributed by atoms with E-state index >= 15 is 0 Å². The smallest absolute Gasteiger partial charge is 0.187 e. The maximum Gasteiger partial charge on any atom is 0.187 e. The molecule has 5 nitrogen and oxygen atoms in total. The van der Waals surface area contributed by atoms with E-state index in [4.69, 9.17) is 15.5 Å². The molecule has 3 aromatic rings. The van der Waals surface area contributed by atoms with Gasteiger partial charge in [-0.2, -0.15) is 0 Å². The summed E-state index contributed by atoms with van der Waals surface area (Å²) in [5.74, 6) is 0.810. The van der Waals surface area contributed by atoms with Gasteiger partial charge in [-0.05, 0) is 50.3 Å². The van der Waals surface area contributed by atoms with Crippen molar-refractivity contribution in [3.63, 3.8) is 0 Å². The van der Waals surface area contributed by atoms with Gasteiger partial charge in [0, 0.05) is 22.2 Å². The Labute approximate surface area is 151 Å². The lowest BCUT2D eigenvalue weighted by atomic mass is 10.0. The third-order valence-electron chi connectivity index (χ3n) is 4.68. The Balaban J connectivity index is 1.82. The summed E-state index contributed by atoms with van der Waals surface area (Å²) < 4.78 is 5.59. The Morgan fingerprint density at radius 2 is 2.12 bits per heavy atom. The van der Waals surface area contributed by atoms with Crippen molar-refractivity contribution in [3.05, 3.63) is 40.2 Å². The number of nitrogens with two attached hydrogens (primary N) is 1. The minimum Gasteiger partial charge on any atom is -0.496 e. The number of nitrogens with zero attached hydrogens (tertiary/aromatic N) is 2. The van der Waals surface area contributed by atoms with Crippen LogP contribution in [0.3, 0.4) is 0 Å². The van der Waals surface area contributed by atoms with Gasteiger partial charge in [-0.25, -0.2) is 4.98 Å². The molecule has 0 saturated heterocycles. The zero-order chi connectivity index (χ0) is 17.4. The Hall–Kier alpha value is -2.18. The van der Waals surface area contributed by atoms with E-state index in [1.165, 1.54) is 23.4 Å². The van der Waals surface area contributed by atoms with Crippen molar-refractivity contribution in [1.82, 2.24) is 9.97 Å². The van der Waals surface area contributed by atoms with Crippen molar-refractivity contribution in [2.45, 2.75) is 39.2 Å². The SMILES string of the molecule is COc1cc(C)cc2c(Nc3nc4c(s3)CCCC4)cnc(CN)c12. The van der Waals surface area contributed by atoms with Gasteiger partial charge in [0.1, 0.15) is 5.75 Å². The zero-order valence-corrected chi connectivity index (χ0v) is 15.4. The van der Waals surface area contributed by atoms with Gasteiger partial charge in [0.25, 0.3) is 0 Å². The number of thiazole rings is 1. The van der Waals surface area contributed by atoms with Crippen molar-refractivity contribution in [3.8, 4) is 5.75 Å². The standard InChI is InChI=1S/C19H22N4OS/c1-11-7-12-15(10-21-14(9-20)18(12)16(8-11)24-2)23-19-22-13-5-3-4-6-17(13)25-19/h7-8,10H,3-6,9,20H2,1-2H3,(H,22,23). The normalized spacial score (nSPS) is 13.7. The summed E-state index contributed by atoms with van der Waals surface area (Å²) in [7, 11) is 1.68. The second kappa shape index (κ2) is 6.61. The number of hydrogen-bond donors (Lipinski definition) is 2. The number of aromatic nitrogens is 2. The summed E-state index contributed by atoms with van der Waals surface area (Å²) >= 11 is 1.76. The summed E-state index contributed by atoms with van der Waals surface area (Å²) in [5, 5.41) is 6.47. The first-order valence-electron chi connectivity index (χ1n) is 8.61. The van der Waals surface area contributed by atoms with Gasteiger partial charge in [0.05, 0.1) is 30.4 Å². The number of fused-ring (bicyclic) bond motifs is 2. The molecular formula is C19H22N4OS. The maximum atomic E-state index is 5.90. The number of methoxy groups -OCH3 is 1. The Morgan fingerprint density at radius 1 is 1.28 bits per heavy atom. The van der Waals surface area contributed by atoms with E-state index in [0.29, 0.717) is 6.54 Å². The van der Waals surface area contributed by atoms with Crippen LogP contribution in [-0.4, -0.2) is 17.1 Å². The molecule has 1 aliphatic carbocycles. The minimum atomic E-state index is 0.377. The van der Waals surface area contributed by atoms with Crippen molar-refractivity contribution >= 4 is 32.9 Å². The molecule has 0 saturated carbocycles. The van der Waals surface area contributed by atoms with Crippen LogP contribution in [0, 0.1) is 6.92 Å². The molecule has 0 spiro atoms. The molecule has 0 fully saturated rings. The lowest BCUT2D eigenvalue weighted by Crippen LogP contribution is -2.04. The topological polar surface area (TPSA) is 73.1 Å². The first-order valence-corrected chi connectivity index (χ1v) is 9.43. The second-order valence-corrected chi connectivity index (χ2v) is 7.52. The molecule has 2 aromatic heterocycles. The molecular weight excluding hydrogens is 332 g/mol. The quantitative estimate of drug-likeness (QED) is 0.738. The van der Waals surface area contributed by atoms with E-state index in [2.05, 4.69) is 23.3 Å². The molecule has 4 rings (SSSR count). The highest BCUT2D eigenvalue weighted by Gasteiger charge is 2.17. The fraction of sp³-hybridized carbons (Fsp3) is 0.368. The molecule has 0 aliphatic heterocycles. The van der Waals surface area contributed by atoms with Crippen LogP contribution in [0.1, 0.15) is 34.7 Å². The molecule has 0 amide bonds. The lowest BCUT2D eigenvalue weighted by molar-refractivity contribution is 0.419. The lowest BCUT2D eigenvalue weighted by Gasteiger charge is -2.14. The van der Waals surface area contributed by atoms with Crippen LogP contribution in [0.4, 0.5) is 10.8 Å². The van der Waals surface area contributed by atoms with E-state index < -0.39 is 0 Å². The number of pyridine rings is 1. The van der Waals surface area contributed by atoms with Gasteiger partial charge in [-0.15, -0.1) is 11.3 Å². The first kappa shape index (κ1) is 16.3. The third kappa shape index (κ3) is 2.96.